The van der Waals surface area contributed by atoms with Gasteiger partial charge in [-0.05, 0) is 50.5 Å². The molecular weight excluding hydrogens is 261 g/mol. The van der Waals surface area contributed by atoms with Crippen molar-refractivity contribution in [1.29, 1.82) is 0 Å². The number of carbonyl (C=O) groups excluding carboxylic acids is 1. The molecule has 4 nitrogen and oxygen atoms in total. The van der Waals surface area contributed by atoms with E-state index >= 15 is 0 Å². The predicted molar refractivity (Wildman–Crippen MR) is 75.1 cm³/mol. The Hall–Kier alpha value is -1.62. The van der Waals surface area contributed by atoms with Gasteiger partial charge in [-0.3, -0.25) is 4.79 Å². The van der Waals surface area contributed by atoms with Gasteiger partial charge in [0.25, 0.3) is 5.91 Å². The van der Waals surface area contributed by atoms with Gasteiger partial charge >= 0.3 is 0 Å². The van der Waals surface area contributed by atoms with Crippen molar-refractivity contribution in [2.24, 2.45) is 0 Å². The molecule has 0 bridgehead atoms. The number of benzene rings is 1. The number of halogens is 1. The Balaban J connectivity index is 2.39. The van der Waals surface area contributed by atoms with Crippen LogP contribution in [0.2, 0.25) is 0 Å². The van der Waals surface area contributed by atoms with Gasteiger partial charge in [-0.2, -0.15) is 0 Å². The van der Waals surface area contributed by atoms with E-state index < -0.39 is 6.10 Å². The van der Waals surface area contributed by atoms with Crippen molar-refractivity contribution < 1.29 is 19.0 Å². The standard InChI is InChI=1S/C15H22FNO3/c1-12(20-14-8-6-13(16)7-9-14)15(19)17(2)10-4-3-5-11-18/h6-9,12,18H,3-5,10-11H2,1-2H3. The molecule has 1 rings (SSSR count). The lowest BCUT2D eigenvalue weighted by molar-refractivity contribution is -0.136. The van der Waals surface area contributed by atoms with Crippen LogP contribution in [0.4, 0.5) is 4.39 Å². The number of carbonyl (C=O) groups is 1. The fraction of sp³-hybridized carbons (Fsp3) is 0.533. The van der Waals surface area contributed by atoms with Crippen molar-refractivity contribution in [3.05, 3.63) is 30.1 Å². The minimum atomic E-state index is -0.608. The number of likely N-dealkylation sites (N-methyl/N-ethyl adjacent to an activating group) is 1. The van der Waals surface area contributed by atoms with Crippen LogP contribution in [0.25, 0.3) is 0 Å². The summed E-state index contributed by atoms with van der Waals surface area (Å²) in [6.07, 6.45) is 1.89. The van der Waals surface area contributed by atoms with Crippen molar-refractivity contribution >= 4 is 5.91 Å². The van der Waals surface area contributed by atoms with E-state index in [9.17, 15) is 9.18 Å². The number of aliphatic hydroxyl groups is 1. The average Bonchev–Trinajstić information content (AvgIpc) is 2.45. The molecule has 1 aromatic rings. The highest BCUT2D eigenvalue weighted by Crippen LogP contribution is 2.14. The van der Waals surface area contributed by atoms with E-state index in [0.29, 0.717) is 12.3 Å². The highest BCUT2D eigenvalue weighted by molar-refractivity contribution is 5.80. The Morgan fingerprint density at radius 2 is 1.95 bits per heavy atom. The molecular formula is C15H22FNO3. The van der Waals surface area contributed by atoms with Gasteiger partial charge in [-0.1, -0.05) is 0 Å². The zero-order valence-corrected chi connectivity index (χ0v) is 12.0. The monoisotopic (exact) mass is 283 g/mol. The number of aliphatic hydroxyl groups excluding tert-OH is 1. The smallest absolute Gasteiger partial charge is 0.263 e. The Labute approximate surface area is 119 Å². The van der Waals surface area contributed by atoms with Gasteiger partial charge in [-0.25, -0.2) is 4.39 Å². The Morgan fingerprint density at radius 1 is 1.30 bits per heavy atom. The van der Waals surface area contributed by atoms with Crippen molar-refractivity contribution in [2.45, 2.75) is 32.3 Å². The summed E-state index contributed by atoms with van der Waals surface area (Å²) in [6, 6.07) is 5.59. The lowest BCUT2D eigenvalue weighted by atomic mass is 10.2. The van der Waals surface area contributed by atoms with Crippen LogP contribution in [0.1, 0.15) is 26.2 Å². The molecule has 0 heterocycles. The topological polar surface area (TPSA) is 49.8 Å². The highest BCUT2D eigenvalue weighted by atomic mass is 19.1. The number of ether oxygens (including phenoxy) is 1. The van der Waals surface area contributed by atoms with E-state index in [0.717, 1.165) is 19.3 Å². The van der Waals surface area contributed by atoms with Crippen LogP contribution in [0, 0.1) is 5.82 Å². The lowest BCUT2D eigenvalue weighted by Gasteiger charge is -2.22. The van der Waals surface area contributed by atoms with Gasteiger partial charge in [-0.15, -0.1) is 0 Å². The van der Waals surface area contributed by atoms with Crippen LogP contribution >= 0.6 is 0 Å². The second-order valence-electron chi connectivity index (χ2n) is 4.76. The maximum Gasteiger partial charge on any atom is 0.263 e. The molecule has 0 aromatic heterocycles. The third-order valence-corrected chi connectivity index (χ3v) is 3.00. The third-order valence-electron chi connectivity index (χ3n) is 3.00. The summed E-state index contributed by atoms with van der Waals surface area (Å²) in [4.78, 5) is 13.7. The number of nitrogens with zero attached hydrogens (tertiary/aromatic N) is 1. The van der Waals surface area contributed by atoms with Crippen molar-refractivity contribution in [2.75, 3.05) is 20.2 Å². The molecule has 0 saturated heterocycles. The van der Waals surface area contributed by atoms with E-state index in [1.54, 1.807) is 18.9 Å². The van der Waals surface area contributed by atoms with Crippen LogP contribution in [0.15, 0.2) is 24.3 Å². The van der Waals surface area contributed by atoms with Crippen molar-refractivity contribution in [1.82, 2.24) is 4.90 Å². The van der Waals surface area contributed by atoms with Gasteiger partial charge in [0.2, 0.25) is 0 Å². The molecule has 0 spiro atoms. The molecule has 0 aliphatic rings. The van der Waals surface area contributed by atoms with Crippen molar-refractivity contribution in [3.8, 4) is 5.75 Å². The Bertz CT molecular complexity index is 408. The Morgan fingerprint density at radius 3 is 2.55 bits per heavy atom. The SMILES string of the molecule is CC(Oc1ccc(F)cc1)C(=O)N(C)CCCCCO. The minimum Gasteiger partial charge on any atom is -0.481 e. The van der Waals surface area contributed by atoms with Crippen LogP contribution in [-0.4, -0.2) is 42.2 Å². The van der Waals surface area contributed by atoms with E-state index in [2.05, 4.69) is 0 Å². The van der Waals surface area contributed by atoms with Gasteiger partial charge in [0.05, 0.1) is 0 Å². The molecule has 1 unspecified atom stereocenters. The second kappa shape index (κ2) is 8.53. The molecule has 0 fully saturated rings. The molecule has 0 saturated carbocycles. The molecule has 5 heteroatoms. The van der Waals surface area contributed by atoms with Crippen LogP contribution in [0.3, 0.4) is 0 Å². The zero-order valence-electron chi connectivity index (χ0n) is 12.0. The van der Waals surface area contributed by atoms with Crippen LogP contribution in [-0.2, 0) is 4.79 Å². The molecule has 112 valence electrons. The first-order valence-electron chi connectivity index (χ1n) is 6.82. The lowest BCUT2D eigenvalue weighted by Crippen LogP contribution is -2.38. The average molecular weight is 283 g/mol. The summed E-state index contributed by atoms with van der Waals surface area (Å²) in [6.45, 7) is 2.49. The molecule has 0 aliphatic heterocycles. The zero-order chi connectivity index (χ0) is 15.0. The first-order valence-corrected chi connectivity index (χ1v) is 6.82. The van der Waals surface area contributed by atoms with Gasteiger partial charge < -0.3 is 14.7 Å². The maximum absolute atomic E-state index is 12.8. The summed E-state index contributed by atoms with van der Waals surface area (Å²) in [5, 5.41) is 8.69. The first-order chi connectivity index (χ1) is 9.54. The normalized spacial score (nSPS) is 12.0. The summed E-state index contributed by atoms with van der Waals surface area (Å²) in [7, 11) is 1.73. The van der Waals surface area contributed by atoms with E-state index in [1.165, 1.54) is 24.3 Å². The van der Waals surface area contributed by atoms with Gasteiger partial charge in [0.1, 0.15) is 11.6 Å². The molecule has 1 atom stereocenters. The predicted octanol–water partition coefficient (Wildman–Crippen LogP) is 2.21. The third kappa shape index (κ3) is 5.57. The molecule has 0 aliphatic carbocycles. The first kappa shape index (κ1) is 16.4. The maximum atomic E-state index is 12.8. The number of hydrogen-bond donors (Lipinski definition) is 1. The van der Waals surface area contributed by atoms with E-state index in [-0.39, 0.29) is 18.3 Å². The quantitative estimate of drug-likeness (QED) is 0.744. The van der Waals surface area contributed by atoms with E-state index in [1.807, 2.05) is 0 Å². The molecule has 0 radical (unpaired) electrons. The summed E-state index contributed by atoms with van der Waals surface area (Å²) in [5.74, 6) is 0.0246. The van der Waals surface area contributed by atoms with E-state index in [4.69, 9.17) is 9.84 Å². The van der Waals surface area contributed by atoms with Gasteiger partial charge in [0.15, 0.2) is 6.10 Å². The second-order valence-corrected chi connectivity index (χ2v) is 4.76. The van der Waals surface area contributed by atoms with Crippen molar-refractivity contribution in [3.63, 3.8) is 0 Å². The fourth-order valence-corrected chi connectivity index (χ4v) is 1.83. The van der Waals surface area contributed by atoms with Crippen LogP contribution < -0.4 is 4.74 Å². The fourth-order valence-electron chi connectivity index (χ4n) is 1.83. The van der Waals surface area contributed by atoms with Crippen LogP contribution in [0.5, 0.6) is 5.75 Å². The summed E-state index contributed by atoms with van der Waals surface area (Å²) < 4.78 is 18.2. The molecule has 1 N–H and O–H groups in total. The molecule has 20 heavy (non-hydrogen) atoms. The summed E-state index contributed by atoms with van der Waals surface area (Å²) in [5.41, 5.74) is 0. The highest BCUT2D eigenvalue weighted by Gasteiger charge is 2.18. The van der Waals surface area contributed by atoms with Gasteiger partial charge in [0, 0.05) is 20.2 Å². The summed E-state index contributed by atoms with van der Waals surface area (Å²) >= 11 is 0. The number of amides is 1. The molecule has 1 amide bonds. The number of hydrogen-bond acceptors (Lipinski definition) is 3. The largest absolute Gasteiger partial charge is 0.481 e. The Kier molecular flexibility index (Phi) is 7.01. The number of rotatable bonds is 8. The number of unbranched alkanes of at least 4 members (excludes halogenated alkanes) is 2. The minimum absolute atomic E-state index is 0.113. The molecule has 1 aromatic carbocycles.